The standard InChI is InChI=1S/C22H26N6O/c1-15-5-2-3-11-28(15)22-25-19-14-27(12-8-17(19)21(29)26-22)13-16-6-4-7-18-20(16)24-10-9-23-18/h4,6-7,9-10,15H,2-3,5,8,11-14H2,1H3,(H,25,26,29)/t15-/m0/s1. The zero-order valence-corrected chi connectivity index (χ0v) is 16.8. The Bertz CT molecular complexity index is 1090. The smallest absolute Gasteiger partial charge is 0.255 e. The first kappa shape index (κ1) is 18.2. The third kappa shape index (κ3) is 3.51. The lowest BCUT2D eigenvalue weighted by molar-refractivity contribution is 0.241. The van der Waals surface area contributed by atoms with Crippen molar-refractivity contribution in [3.8, 4) is 0 Å². The summed E-state index contributed by atoms with van der Waals surface area (Å²) >= 11 is 0. The molecule has 2 aliphatic rings. The van der Waals surface area contributed by atoms with E-state index in [0.717, 1.165) is 72.7 Å². The van der Waals surface area contributed by atoms with Crippen LogP contribution in [0.1, 0.15) is 43.0 Å². The van der Waals surface area contributed by atoms with Crippen LogP contribution in [0.15, 0.2) is 35.4 Å². The van der Waals surface area contributed by atoms with Gasteiger partial charge in [0.15, 0.2) is 0 Å². The van der Waals surface area contributed by atoms with Crippen LogP contribution in [0.25, 0.3) is 11.0 Å². The molecule has 4 heterocycles. The van der Waals surface area contributed by atoms with Gasteiger partial charge in [0.1, 0.15) is 0 Å². The topological polar surface area (TPSA) is 78.0 Å². The van der Waals surface area contributed by atoms with Gasteiger partial charge in [0.25, 0.3) is 5.56 Å². The molecule has 5 rings (SSSR count). The predicted octanol–water partition coefficient (Wildman–Crippen LogP) is 2.65. The third-order valence-corrected chi connectivity index (χ3v) is 6.19. The van der Waals surface area contributed by atoms with E-state index in [-0.39, 0.29) is 5.56 Å². The van der Waals surface area contributed by atoms with E-state index in [1.807, 2.05) is 12.1 Å². The molecule has 0 unspecified atom stereocenters. The molecule has 7 heteroatoms. The molecule has 150 valence electrons. The highest BCUT2D eigenvalue weighted by Gasteiger charge is 2.25. The van der Waals surface area contributed by atoms with E-state index < -0.39 is 0 Å². The Hall–Kier alpha value is -2.80. The molecule has 0 amide bonds. The fraction of sp³-hybridized carbons (Fsp3) is 0.455. The van der Waals surface area contributed by atoms with Crippen LogP contribution < -0.4 is 10.5 Å². The summed E-state index contributed by atoms with van der Waals surface area (Å²) in [4.78, 5) is 34.2. The van der Waals surface area contributed by atoms with Gasteiger partial charge >= 0.3 is 0 Å². The van der Waals surface area contributed by atoms with E-state index in [9.17, 15) is 4.79 Å². The minimum Gasteiger partial charge on any atom is -0.340 e. The number of hydrogen-bond acceptors (Lipinski definition) is 6. The van der Waals surface area contributed by atoms with Crippen LogP contribution in [0.5, 0.6) is 0 Å². The molecule has 29 heavy (non-hydrogen) atoms. The molecule has 1 atom stereocenters. The van der Waals surface area contributed by atoms with Crippen molar-refractivity contribution < 1.29 is 0 Å². The Morgan fingerprint density at radius 1 is 1.17 bits per heavy atom. The summed E-state index contributed by atoms with van der Waals surface area (Å²) in [6.07, 6.45) is 7.74. The molecular weight excluding hydrogens is 364 g/mol. The van der Waals surface area contributed by atoms with Gasteiger partial charge in [-0.3, -0.25) is 24.6 Å². The first-order chi connectivity index (χ1) is 14.2. The quantitative estimate of drug-likeness (QED) is 0.741. The summed E-state index contributed by atoms with van der Waals surface area (Å²) in [5.74, 6) is 0.735. The van der Waals surface area contributed by atoms with E-state index in [2.05, 4.69) is 37.7 Å². The molecule has 7 nitrogen and oxygen atoms in total. The first-order valence-electron chi connectivity index (χ1n) is 10.5. The van der Waals surface area contributed by atoms with Gasteiger partial charge in [-0.25, -0.2) is 4.98 Å². The van der Waals surface area contributed by atoms with Crippen LogP contribution in [-0.4, -0.2) is 44.0 Å². The van der Waals surface area contributed by atoms with Crippen molar-refractivity contribution in [2.75, 3.05) is 18.0 Å². The Labute approximate surface area is 169 Å². The number of H-pyrrole nitrogens is 1. The van der Waals surface area contributed by atoms with Crippen molar-refractivity contribution >= 4 is 17.0 Å². The number of nitrogens with zero attached hydrogens (tertiary/aromatic N) is 5. The molecule has 0 aliphatic carbocycles. The second-order valence-electron chi connectivity index (χ2n) is 8.15. The highest BCUT2D eigenvalue weighted by Crippen LogP contribution is 2.24. The van der Waals surface area contributed by atoms with Gasteiger partial charge < -0.3 is 4.90 Å². The fourth-order valence-electron chi connectivity index (χ4n) is 4.59. The minimum atomic E-state index is 0.0263. The molecule has 1 N–H and O–H groups in total. The molecule has 1 aromatic carbocycles. The molecule has 1 fully saturated rings. The maximum Gasteiger partial charge on any atom is 0.255 e. The van der Waals surface area contributed by atoms with Crippen LogP contribution in [0.3, 0.4) is 0 Å². The molecule has 0 spiro atoms. The maximum absolute atomic E-state index is 12.7. The van der Waals surface area contributed by atoms with Crippen molar-refractivity contribution in [3.05, 3.63) is 57.8 Å². The van der Waals surface area contributed by atoms with Crippen LogP contribution in [0.2, 0.25) is 0 Å². The van der Waals surface area contributed by atoms with Gasteiger partial charge in [-0.2, -0.15) is 0 Å². The zero-order valence-electron chi connectivity index (χ0n) is 16.8. The summed E-state index contributed by atoms with van der Waals surface area (Å²) in [5.41, 5.74) is 4.81. The van der Waals surface area contributed by atoms with Crippen LogP contribution in [0, 0.1) is 0 Å². The van der Waals surface area contributed by atoms with E-state index in [1.54, 1.807) is 12.4 Å². The number of nitrogens with one attached hydrogen (secondary N) is 1. The molecule has 1 saturated heterocycles. The predicted molar refractivity (Wildman–Crippen MR) is 113 cm³/mol. The summed E-state index contributed by atoms with van der Waals surface area (Å²) in [6.45, 7) is 5.48. The average Bonchev–Trinajstić information content (AvgIpc) is 2.74. The Morgan fingerprint density at radius 2 is 2.07 bits per heavy atom. The van der Waals surface area contributed by atoms with E-state index in [0.29, 0.717) is 12.6 Å². The monoisotopic (exact) mass is 390 g/mol. The van der Waals surface area contributed by atoms with Crippen molar-refractivity contribution in [2.45, 2.75) is 51.7 Å². The fourth-order valence-corrected chi connectivity index (χ4v) is 4.59. The minimum absolute atomic E-state index is 0.0263. The normalized spacial score (nSPS) is 20.0. The summed E-state index contributed by atoms with van der Waals surface area (Å²) in [5, 5.41) is 0. The zero-order chi connectivity index (χ0) is 19.8. The van der Waals surface area contributed by atoms with E-state index in [1.165, 1.54) is 6.42 Å². The van der Waals surface area contributed by atoms with Gasteiger partial charge in [-0.1, -0.05) is 12.1 Å². The highest BCUT2D eigenvalue weighted by molar-refractivity contribution is 5.77. The second kappa shape index (κ2) is 7.55. The highest BCUT2D eigenvalue weighted by atomic mass is 16.1. The average molecular weight is 390 g/mol. The molecule has 3 aromatic rings. The molecular formula is C22H26N6O. The summed E-state index contributed by atoms with van der Waals surface area (Å²) in [7, 11) is 0. The van der Waals surface area contributed by atoms with Crippen molar-refractivity contribution in [1.29, 1.82) is 0 Å². The number of para-hydroxylation sites is 1. The second-order valence-corrected chi connectivity index (χ2v) is 8.15. The molecule has 2 aromatic heterocycles. The Morgan fingerprint density at radius 3 is 2.97 bits per heavy atom. The van der Waals surface area contributed by atoms with Gasteiger partial charge in [0, 0.05) is 50.2 Å². The first-order valence-corrected chi connectivity index (χ1v) is 10.5. The molecule has 0 radical (unpaired) electrons. The Balaban J connectivity index is 1.42. The number of hydrogen-bond donors (Lipinski definition) is 1. The largest absolute Gasteiger partial charge is 0.340 e. The number of aromatic nitrogens is 4. The van der Waals surface area contributed by atoms with Crippen molar-refractivity contribution in [3.63, 3.8) is 0 Å². The lowest BCUT2D eigenvalue weighted by Crippen LogP contribution is -2.41. The van der Waals surface area contributed by atoms with Crippen molar-refractivity contribution in [1.82, 2.24) is 24.8 Å². The van der Waals surface area contributed by atoms with Crippen molar-refractivity contribution in [2.24, 2.45) is 0 Å². The number of fused-ring (bicyclic) bond motifs is 2. The number of rotatable bonds is 3. The number of piperidine rings is 1. The van der Waals surface area contributed by atoms with E-state index >= 15 is 0 Å². The van der Waals surface area contributed by atoms with Gasteiger partial charge in [-0.05, 0) is 44.2 Å². The maximum atomic E-state index is 12.7. The summed E-state index contributed by atoms with van der Waals surface area (Å²) < 4.78 is 0. The Kier molecular flexibility index (Phi) is 4.75. The van der Waals surface area contributed by atoms with E-state index in [4.69, 9.17) is 4.98 Å². The molecule has 0 bridgehead atoms. The number of benzene rings is 1. The molecule has 0 saturated carbocycles. The van der Waals surface area contributed by atoms with Gasteiger partial charge in [0.2, 0.25) is 5.95 Å². The number of anilines is 1. The lowest BCUT2D eigenvalue weighted by Gasteiger charge is -2.35. The number of aromatic amines is 1. The van der Waals surface area contributed by atoms with Gasteiger partial charge in [0.05, 0.1) is 16.7 Å². The van der Waals surface area contributed by atoms with Crippen LogP contribution in [0.4, 0.5) is 5.95 Å². The lowest BCUT2D eigenvalue weighted by atomic mass is 10.0. The van der Waals surface area contributed by atoms with Crippen LogP contribution in [-0.2, 0) is 19.5 Å². The molecule has 2 aliphatic heterocycles. The summed E-state index contributed by atoms with van der Waals surface area (Å²) in [6, 6.07) is 6.55. The third-order valence-electron chi connectivity index (χ3n) is 6.19. The SMILES string of the molecule is C[C@H]1CCCCN1c1nc2c(c(=O)[nH]1)CCN(Cc1cccc3nccnc13)C2. The van der Waals surface area contributed by atoms with Crippen LogP contribution >= 0.6 is 0 Å². The van der Waals surface area contributed by atoms with Gasteiger partial charge in [-0.15, -0.1) is 0 Å².